The number of nitrogens with one attached hydrogen (secondary N) is 1. The maximum absolute atomic E-state index is 12.3. The summed E-state index contributed by atoms with van der Waals surface area (Å²) in [4.78, 5) is 24.4. The number of anilines is 2. The number of carbonyl (C=O) groups is 2. The van der Waals surface area contributed by atoms with Gasteiger partial charge in [0, 0.05) is 12.2 Å². The van der Waals surface area contributed by atoms with Gasteiger partial charge in [-0.3, -0.25) is 9.59 Å². The number of alkyl halides is 3. The van der Waals surface area contributed by atoms with Crippen LogP contribution in [0.15, 0.2) is 30.9 Å². The van der Waals surface area contributed by atoms with Crippen LogP contribution in [0.5, 0.6) is 5.75 Å². The summed E-state index contributed by atoms with van der Waals surface area (Å²) in [6.07, 6.45) is -4.21. The molecule has 0 spiro atoms. The summed E-state index contributed by atoms with van der Waals surface area (Å²) >= 11 is 0. The van der Waals surface area contributed by atoms with Crippen LogP contribution in [0.1, 0.15) is 6.92 Å². The van der Waals surface area contributed by atoms with E-state index in [0.717, 1.165) is 0 Å². The molecule has 1 atom stereocenters. The second-order valence-electron chi connectivity index (χ2n) is 4.63. The Balaban J connectivity index is 2.34. The quantitative estimate of drug-likeness (QED) is 0.872. The van der Waals surface area contributed by atoms with Gasteiger partial charge in [-0.25, -0.2) is 0 Å². The molecule has 1 aromatic rings. The molecule has 5 nitrogen and oxygen atoms in total. The van der Waals surface area contributed by atoms with Crippen molar-refractivity contribution < 1.29 is 27.5 Å². The minimum absolute atomic E-state index is 0.0823. The van der Waals surface area contributed by atoms with Gasteiger partial charge in [0.05, 0.1) is 5.69 Å². The number of carbonyl (C=O) groups excluding carboxylic acids is 2. The second-order valence-corrected chi connectivity index (χ2v) is 4.63. The summed E-state index contributed by atoms with van der Waals surface area (Å²) in [6, 6.07) is 3.93. The van der Waals surface area contributed by atoms with Gasteiger partial charge in [-0.2, -0.15) is 13.2 Å². The maximum Gasteiger partial charge on any atom is 0.471 e. The van der Waals surface area contributed by atoms with Gasteiger partial charge in [-0.15, -0.1) is 6.58 Å². The highest BCUT2D eigenvalue weighted by atomic mass is 19.4. The first kappa shape index (κ1) is 15.9. The highest BCUT2D eigenvalue weighted by molar-refractivity contribution is 6.01. The number of hydrogen-bond donors (Lipinski definition) is 1. The molecule has 1 N–H and O–H groups in total. The molecule has 1 heterocycles. The lowest BCUT2D eigenvalue weighted by atomic mass is 10.1. The maximum atomic E-state index is 12.3. The van der Waals surface area contributed by atoms with Crippen molar-refractivity contribution in [1.82, 2.24) is 0 Å². The molecule has 0 saturated carbocycles. The monoisotopic (exact) mass is 314 g/mol. The van der Waals surface area contributed by atoms with E-state index in [2.05, 4.69) is 6.58 Å². The fraction of sp³-hybridized carbons (Fsp3) is 0.286. The van der Waals surface area contributed by atoms with Crippen LogP contribution in [-0.2, 0) is 9.59 Å². The van der Waals surface area contributed by atoms with Crippen LogP contribution in [0.2, 0.25) is 0 Å². The van der Waals surface area contributed by atoms with Crippen LogP contribution in [0.3, 0.4) is 0 Å². The molecule has 0 fully saturated rings. The molecule has 0 aromatic heterocycles. The van der Waals surface area contributed by atoms with Gasteiger partial charge in [-0.1, -0.05) is 6.08 Å². The number of hydrogen-bond acceptors (Lipinski definition) is 3. The van der Waals surface area contributed by atoms with Gasteiger partial charge < -0.3 is 15.0 Å². The summed E-state index contributed by atoms with van der Waals surface area (Å²) in [5, 5.41) is 1.74. The van der Waals surface area contributed by atoms with Crippen molar-refractivity contribution in [3.63, 3.8) is 0 Å². The third-order valence-corrected chi connectivity index (χ3v) is 2.99. The zero-order valence-electron chi connectivity index (χ0n) is 11.6. The Hall–Kier alpha value is -2.51. The van der Waals surface area contributed by atoms with Crippen molar-refractivity contribution >= 4 is 23.2 Å². The van der Waals surface area contributed by atoms with E-state index < -0.39 is 18.2 Å². The number of rotatable bonds is 3. The number of nitrogens with zero attached hydrogens (tertiary/aromatic N) is 1. The van der Waals surface area contributed by atoms with Crippen molar-refractivity contribution in [2.75, 3.05) is 16.8 Å². The average molecular weight is 314 g/mol. The SMILES string of the molecule is C=CCN1C(=O)C(C)Oc2ccc(NC(=O)C(F)(F)F)cc21. The molecule has 2 amide bonds. The molecular weight excluding hydrogens is 301 g/mol. The number of benzene rings is 1. The minimum atomic E-state index is -4.99. The highest BCUT2D eigenvalue weighted by Crippen LogP contribution is 2.36. The molecule has 0 radical (unpaired) electrons. The normalized spacial score (nSPS) is 17.5. The van der Waals surface area contributed by atoms with Crippen molar-refractivity contribution in [2.24, 2.45) is 0 Å². The van der Waals surface area contributed by atoms with Crippen LogP contribution in [0.25, 0.3) is 0 Å². The summed E-state index contributed by atoms with van der Waals surface area (Å²) in [6.45, 7) is 5.28. The van der Waals surface area contributed by atoms with Crippen LogP contribution < -0.4 is 15.0 Å². The molecule has 2 rings (SSSR count). The summed E-state index contributed by atoms with van der Waals surface area (Å²) in [5.74, 6) is -2.08. The summed E-state index contributed by atoms with van der Waals surface area (Å²) in [7, 11) is 0. The molecule has 1 aliphatic rings. The number of amides is 2. The van der Waals surface area contributed by atoms with E-state index in [0.29, 0.717) is 5.75 Å². The number of halogens is 3. The molecule has 1 unspecified atom stereocenters. The lowest BCUT2D eigenvalue weighted by Gasteiger charge is -2.32. The number of fused-ring (bicyclic) bond motifs is 1. The summed E-state index contributed by atoms with van der Waals surface area (Å²) < 4.78 is 42.2. The lowest BCUT2D eigenvalue weighted by Crippen LogP contribution is -2.44. The minimum Gasteiger partial charge on any atom is -0.479 e. The first-order valence-corrected chi connectivity index (χ1v) is 6.35. The Kier molecular flexibility index (Phi) is 4.11. The van der Waals surface area contributed by atoms with Gasteiger partial charge >= 0.3 is 12.1 Å². The van der Waals surface area contributed by atoms with Crippen LogP contribution in [0.4, 0.5) is 24.5 Å². The third kappa shape index (κ3) is 3.05. The molecule has 22 heavy (non-hydrogen) atoms. The van der Waals surface area contributed by atoms with E-state index in [9.17, 15) is 22.8 Å². The van der Waals surface area contributed by atoms with E-state index in [1.165, 1.54) is 29.2 Å². The zero-order valence-corrected chi connectivity index (χ0v) is 11.6. The van der Waals surface area contributed by atoms with E-state index in [1.807, 2.05) is 0 Å². The fourth-order valence-corrected chi connectivity index (χ4v) is 2.00. The van der Waals surface area contributed by atoms with Crippen LogP contribution in [0, 0.1) is 0 Å². The average Bonchev–Trinajstić information content (AvgIpc) is 2.43. The molecule has 118 valence electrons. The molecule has 0 aliphatic carbocycles. The van der Waals surface area contributed by atoms with Gasteiger partial charge in [-0.05, 0) is 25.1 Å². The van der Waals surface area contributed by atoms with E-state index in [4.69, 9.17) is 4.74 Å². The van der Waals surface area contributed by atoms with E-state index >= 15 is 0 Å². The van der Waals surface area contributed by atoms with E-state index in [1.54, 1.807) is 12.2 Å². The van der Waals surface area contributed by atoms with Gasteiger partial charge in [0.25, 0.3) is 5.91 Å². The molecule has 1 aliphatic heterocycles. The van der Waals surface area contributed by atoms with Gasteiger partial charge in [0.2, 0.25) is 0 Å². The number of ether oxygens (including phenoxy) is 1. The Labute approximate surface area is 124 Å². The van der Waals surface area contributed by atoms with Crippen LogP contribution >= 0.6 is 0 Å². The molecule has 8 heteroatoms. The Morgan fingerprint density at radius 1 is 1.50 bits per heavy atom. The van der Waals surface area contributed by atoms with Crippen molar-refractivity contribution in [3.8, 4) is 5.75 Å². The smallest absolute Gasteiger partial charge is 0.471 e. The first-order valence-electron chi connectivity index (χ1n) is 6.35. The second kappa shape index (κ2) is 5.70. The fourth-order valence-electron chi connectivity index (χ4n) is 2.00. The van der Waals surface area contributed by atoms with Crippen molar-refractivity contribution in [2.45, 2.75) is 19.2 Å². The molecule has 0 bridgehead atoms. The Morgan fingerprint density at radius 2 is 2.18 bits per heavy atom. The predicted molar refractivity (Wildman–Crippen MR) is 73.8 cm³/mol. The Morgan fingerprint density at radius 3 is 2.77 bits per heavy atom. The largest absolute Gasteiger partial charge is 0.479 e. The topological polar surface area (TPSA) is 58.6 Å². The van der Waals surface area contributed by atoms with Crippen LogP contribution in [-0.4, -0.2) is 30.6 Å². The first-order chi connectivity index (χ1) is 10.2. The standard InChI is InChI=1S/C14H13F3N2O3/c1-3-6-19-10-7-9(18-13(21)14(15,16)17)4-5-11(10)22-8(2)12(19)20/h3-5,7-8H,1,6H2,2H3,(H,18,21). The summed E-state index contributed by atoms with van der Waals surface area (Å²) in [5.41, 5.74) is 0.198. The van der Waals surface area contributed by atoms with Gasteiger partial charge in [0.15, 0.2) is 6.10 Å². The van der Waals surface area contributed by atoms with Gasteiger partial charge in [0.1, 0.15) is 5.75 Å². The van der Waals surface area contributed by atoms with Crippen molar-refractivity contribution in [1.29, 1.82) is 0 Å². The lowest BCUT2D eigenvalue weighted by molar-refractivity contribution is -0.167. The molecule has 0 saturated heterocycles. The van der Waals surface area contributed by atoms with E-state index in [-0.39, 0.29) is 23.8 Å². The predicted octanol–water partition coefficient (Wildman–Crippen LogP) is 2.49. The highest BCUT2D eigenvalue weighted by Gasteiger charge is 2.39. The zero-order chi connectivity index (χ0) is 16.5. The Bertz CT molecular complexity index is 628. The third-order valence-electron chi connectivity index (χ3n) is 2.99. The molecular formula is C14H13F3N2O3. The molecule has 1 aromatic carbocycles. The van der Waals surface area contributed by atoms with Crippen molar-refractivity contribution in [3.05, 3.63) is 30.9 Å².